The maximum absolute atomic E-state index is 12.0. The third kappa shape index (κ3) is 3.76. The molecule has 0 unspecified atom stereocenters. The van der Waals surface area contributed by atoms with Gasteiger partial charge in [-0.2, -0.15) is 13.2 Å². The summed E-state index contributed by atoms with van der Waals surface area (Å²) in [6.45, 7) is -2.21. The van der Waals surface area contributed by atoms with E-state index >= 15 is 0 Å². The molecular weight excluding hydrogens is 303 g/mol. The van der Waals surface area contributed by atoms with Crippen LogP contribution < -0.4 is 0 Å². The largest absolute Gasteiger partial charge is 0.479 e. The first-order valence-electron chi connectivity index (χ1n) is 6.54. The molecule has 1 aliphatic rings. The van der Waals surface area contributed by atoms with Gasteiger partial charge in [0.2, 0.25) is 5.91 Å². The van der Waals surface area contributed by atoms with Gasteiger partial charge in [-0.3, -0.25) is 4.79 Å². The van der Waals surface area contributed by atoms with Crippen LogP contribution in [0.4, 0.5) is 13.2 Å². The highest BCUT2D eigenvalue weighted by molar-refractivity contribution is 5.86. The smallest absolute Gasteiger partial charge is 0.411 e. The summed E-state index contributed by atoms with van der Waals surface area (Å²) in [5, 5.41) is 9.34. The number of aliphatic carboxylic acids is 1. The second-order valence-corrected chi connectivity index (χ2v) is 4.88. The summed E-state index contributed by atoms with van der Waals surface area (Å²) in [5.74, 6) is -2.00. The Hall–Kier alpha value is -2.09. The number of carboxylic acids is 1. The minimum absolute atomic E-state index is 0.127. The van der Waals surface area contributed by atoms with E-state index in [1.807, 2.05) is 0 Å². The summed E-state index contributed by atoms with van der Waals surface area (Å²) in [4.78, 5) is 24.5. The van der Waals surface area contributed by atoms with Crippen molar-refractivity contribution < 1.29 is 32.6 Å². The molecule has 5 nitrogen and oxygen atoms in total. The number of amides is 1. The fourth-order valence-corrected chi connectivity index (χ4v) is 2.44. The van der Waals surface area contributed by atoms with Gasteiger partial charge in [-0.1, -0.05) is 24.3 Å². The van der Waals surface area contributed by atoms with Crippen molar-refractivity contribution in [2.24, 2.45) is 0 Å². The Bertz CT molecular complexity index is 573. The number of alkyl halides is 3. The summed E-state index contributed by atoms with van der Waals surface area (Å²) >= 11 is 0. The normalized spacial score (nSPS) is 18.0. The molecule has 1 heterocycles. The Morgan fingerprint density at radius 3 is 2.64 bits per heavy atom. The third-order valence-corrected chi connectivity index (χ3v) is 3.33. The molecule has 0 bridgehead atoms. The van der Waals surface area contributed by atoms with E-state index in [1.165, 1.54) is 0 Å². The first-order valence-corrected chi connectivity index (χ1v) is 6.54. The van der Waals surface area contributed by atoms with E-state index in [1.54, 1.807) is 24.3 Å². The van der Waals surface area contributed by atoms with Gasteiger partial charge in [-0.15, -0.1) is 0 Å². The van der Waals surface area contributed by atoms with Crippen molar-refractivity contribution in [3.63, 3.8) is 0 Å². The van der Waals surface area contributed by atoms with Gasteiger partial charge in [-0.05, 0) is 17.5 Å². The van der Waals surface area contributed by atoms with Crippen molar-refractivity contribution >= 4 is 11.9 Å². The number of ether oxygens (including phenoxy) is 1. The Morgan fingerprint density at radius 2 is 2.00 bits per heavy atom. The van der Waals surface area contributed by atoms with Crippen molar-refractivity contribution in [2.45, 2.75) is 18.6 Å². The highest BCUT2D eigenvalue weighted by atomic mass is 19.4. The molecule has 1 aromatic rings. The molecule has 120 valence electrons. The molecule has 1 amide bonds. The third-order valence-electron chi connectivity index (χ3n) is 3.33. The van der Waals surface area contributed by atoms with Crippen LogP contribution >= 0.6 is 0 Å². The first kappa shape index (κ1) is 16.3. The molecular formula is C14H14F3NO4. The molecule has 2 rings (SSSR count). The molecule has 0 radical (unpaired) electrons. The molecule has 8 heteroatoms. The van der Waals surface area contributed by atoms with Crippen LogP contribution in [0.5, 0.6) is 0 Å². The number of carboxylic acid groups (broad SMARTS) is 1. The van der Waals surface area contributed by atoms with Crippen molar-refractivity contribution in [1.29, 1.82) is 0 Å². The Labute approximate surface area is 124 Å². The molecule has 22 heavy (non-hydrogen) atoms. The van der Waals surface area contributed by atoms with Gasteiger partial charge >= 0.3 is 12.1 Å². The van der Waals surface area contributed by atoms with E-state index in [2.05, 4.69) is 4.74 Å². The topological polar surface area (TPSA) is 66.8 Å². The summed E-state index contributed by atoms with van der Waals surface area (Å²) in [5.41, 5.74) is 1.29. The number of fused-ring (bicyclic) bond motifs is 1. The van der Waals surface area contributed by atoms with Crippen molar-refractivity contribution in [1.82, 2.24) is 4.90 Å². The Kier molecular flexibility index (Phi) is 4.70. The summed E-state index contributed by atoms with van der Waals surface area (Å²) in [6, 6.07) is 5.59. The van der Waals surface area contributed by atoms with Crippen LogP contribution in [0.15, 0.2) is 24.3 Å². The lowest BCUT2D eigenvalue weighted by Crippen LogP contribution is -2.45. The van der Waals surface area contributed by atoms with Gasteiger partial charge in [0.15, 0.2) is 6.04 Å². The fourth-order valence-electron chi connectivity index (χ4n) is 2.44. The number of benzene rings is 1. The maximum Gasteiger partial charge on any atom is 0.411 e. The standard InChI is InChI=1S/C14H14F3NO4/c15-14(16,17)8-22-7-11(19)18-6-5-9-3-1-2-4-10(9)12(18)13(20)21/h1-4,12H,5-8H2,(H,20,21)/t12-/m0/s1. The number of hydrogen-bond donors (Lipinski definition) is 1. The van der Waals surface area contributed by atoms with Gasteiger partial charge in [0.25, 0.3) is 0 Å². The van der Waals surface area contributed by atoms with Crippen LogP contribution in [0.2, 0.25) is 0 Å². The zero-order chi connectivity index (χ0) is 16.3. The predicted molar refractivity (Wildman–Crippen MR) is 69.1 cm³/mol. The molecule has 0 aliphatic carbocycles. The summed E-state index contributed by atoms with van der Waals surface area (Å²) in [7, 11) is 0. The summed E-state index contributed by atoms with van der Waals surface area (Å²) < 4.78 is 40.3. The van der Waals surface area contributed by atoms with Gasteiger partial charge in [-0.25, -0.2) is 4.79 Å². The highest BCUT2D eigenvalue weighted by Gasteiger charge is 2.36. The van der Waals surface area contributed by atoms with Crippen LogP contribution in [0.1, 0.15) is 17.2 Å². The Balaban J connectivity index is 2.10. The quantitative estimate of drug-likeness (QED) is 0.919. The lowest BCUT2D eigenvalue weighted by atomic mass is 9.92. The van der Waals surface area contributed by atoms with Gasteiger partial charge in [0.1, 0.15) is 13.2 Å². The molecule has 0 saturated carbocycles. The lowest BCUT2D eigenvalue weighted by Gasteiger charge is -2.34. The van der Waals surface area contributed by atoms with E-state index < -0.39 is 37.3 Å². The first-order chi connectivity index (χ1) is 10.3. The Morgan fingerprint density at radius 1 is 1.32 bits per heavy atom. The van der Waals surface area contributed by atoms with Crippen LogP contribution in [0.3, 0.4) is 0 Å². The molecule has 0 aromatic heterocycles. The van der Waals surface area contributed by atoms with E-state index in [0.717, 1.165) is 10.5 Å². The molecule has 1 aliphatic heterocycles. The molecule has 1 atom stereocenters. The average molecular weight is 317 g/mol. The zero-order valence-corrected chi connectivity index (χ0v) is 11.5. The van der Waals surface area contributed by atoms with E-state index in [4.69, 9.17) is 0 Å². The molecule has 1 aromatic carbocycles. The SMILES string of the molecule is O=C(O)[C@@H]1c2ccccc2CCN1C(=O)COCC(F)(F)F. The van der Waals surface area contributed by atoms with Gasteiger partial charge < -0.3 is 14.7 Å². The number of hydrogen-bond acceptors (Lipinski definition) is 3. The molecule has 1 N–H and O–H groups in total. The van der Waals surface area contributed by atoms with Crippen LogP contribution in [0, 0.1) is 0 Å². The average Bonchev–Trinajstić information content (AvgIpc) is 2.44. The van der Waals surface area contributed by atoms with Gasteiger partial charge in [0, 0.05) is 6.54 Å². The van der Waals surface area contributed by atoms with Gasteiger partial charge in [0.05, 0.1) is 0 Å². The lowest BCUT2D eigenvalue weighted by molar-refractivity contribution is -0.179. The number of halogens is 3. The molecule has 0 spiro atoms. The van der Waals surface area contributed by atoms with Crippen LogP contribution in [-0.2, 0) is 20.7 Å². The van der Waals surface area contributed by atoms with Crippen LogP contribution in [-0.4, -0.2) is 47.8 Å². The van der Waals surface area contributed by atoms with E-state index in [-0.39, 0.29) is 6.54 Å². The monoisotopic (exact) mass is 317 g/mol. The number of carbonyl (C=O) groups is 2. The van der Waals surface area contributed by atoms with Crippen LogP contribution in [0.25, 0.3) is 0 Å². The molecule has 0 saturated heterocycles. The number of nitrogens with zero attached hydrogens (tertiary/aromatic N) is 1. The number of carbonyl (C=O) groups excluding carboxylic acids is 1. The second kappa shape index (κ2) is 6.35. The van der Waals surface area contributed by atoms with E-state index in [9.17, 15) is 27.9 Å². The fraction of sp³-hybridized carbons (Fsp3) is 0.429. The van der Waals surface area contributed by atoms with Crippen molar-refractivity contribution in [2.75, 3.05) is 19.8 Å². The highest BCUT2D eigenvalue weighted by Crippen LogP contribution is 2.30. The summed E-state index contributed by atoms with van der Waals surface area (Å²) in [6.07, 6.45) is -4.08. The van der Waals surface area contributed by atoms with Crippen molar-refractivity contribution in [3.05, 3.63) is 35.4 Å². The van der Waals surface area contributed by atoms with Crippen molar-refractivity contribution in [3.8, 4) is 0 Å². The maximum atomic E-state index is 12.0. The number of rotatable bonds is 4. The zero-order valence-electron chi connectivity index (χ0n) is 11.5. The predicted octanol–water partition coefficient (Wildman–Crippen LogP) is 1.78. The molecule has 0 fully saturated rings. The minimum Gasteiger partial charge on any atom is -0.479 e. The van der Waals surface area contributed by atoms with E-state index in [0.29, 0.717) is 12.0 Å². The minimum atomic E-state index is -4.53. The second-order valence-electron chi connectivity index (χ2n) is 4.88.